The lowest BCUT2D eigenvalue weighted by atomic mass is 10.2. The van der Waals surface area contributed by atoms with E-state index >= 15 is 0 Å². The van der Waals surface area contributed by atoms with E-state index in [-0.39, 0.29) is 5.69 Å². The quantitative estimate of drug-likeness (QED) is 0.539. The molecule has 7 heteroatoms. The zero-order valence-electron chi connectivity index (χ0n) is 13.4. The maximum Gasteiger partial charge on any atom is 0.352 e. The molecule has 0 fully saturated rings. The van der Waals surface area contributed by atoms with Gasteiger partial charge in [-0.05, 0) is 31.5 Å². The number of hydrogen-bond acceptors (Lipinski definition) is 5. The summed E-state index contributed by atoms with van der Waals surface area (Å²) in [6.45, 7) is 8.30. The first-order chi connectivity index (χ1) is 11.6. The van der Waals surface area contributed by atoms with Crippen molar-refractivity contribution < 1.29 is 0 Å². The standard InChI is InChI=1S/C17H15N5OS/c1-4-8-21-16-13(10(2)11(3)24-16)15-19-14(20-22(15)17(21)23)12-6-5-7-18-9-12/h4-7,9H,1,8H2,2-3H3. The lowest BCUT2D eigenvalue weighted by molar-refractivity contribution is 0.733. The molecule has 0 saturated heterocycles. The Balaban J connectivity index is 2.16. The molecular formula is C17H15N5OS. The highest BCUT2D eigenvalue weighted by Gasteiger charge is 2.19. The Bertz CT molecular complexity index is 1140. The Hall–Kier alpha value is -2.80. The van der Waals surface area contributed by atoms with Crippen molar-refractivity contribution in [3.63, 3.8) is 0 Å². The first-order valence-electron chi connectivity index (χ1n) is 7.52. The van der Waals surface area contributed by atoms with E-state index in [0.717, 1.165) is 21.3 Å². The van der Waals surface area contributed by atoms with E-state index in [4.69, 9.17) is 0 Å². The number of thiophene rings is 1. The van der Waals surface area contributed by atoms with Crippen LogP contribution in [0.5, 0.6) is 0 Å². The average Bonchev–Trinajstić information content (AvgIpc) is 3.15. The third-order valence-electron chi connectivity index (χ3n) is 4.09. The molecule has 0 radical (unpaired) electrons. The number of fused-ring (bicyclic) bond motifs is 3. The first kappa shape index (κ1) is 14.8. The largest absolute Gasteiger partial charge is 0.352 e. The fourth-order valence-corrected chi connectivity index (χ4v) is 3.93. The lowest BCUT2D eigenvalue weighted by Crippen LogP contribution is -2.27. The summed E-state index contributed by atoms with van der Waals surface area (Å²) in [7, 11) is 0. The molecule has 0 saturated carbocycles. The maximum atomic E-state index is 12.9. The molecule has 4 rings (SSSR count). The zero-order valence-corrected chi connectivity index (χ0v) is 14.2. The fourth-order valence-electron chi connectivity index (χ4n) is 2.78. The summed E-state index contributed by atoms with van der Waals surface area (Å²) in [5.41, 5.74) is 2.30. The van der Waals surface area contributed by atoms with Crippen LogP contribution in [0, 0.1) is 13.8 Å². The Morgan fingerprint density at radius 2 is 2.21 bits per heavy atom. The van der Waals surface area contributed by atoms with Gasteiger partial charge in [-0.15, -0.1) is 23.0 Å². The van der Waals surface area contributed by atoms with E-state index in [1.54, 1.807) is 34.4 Å². The molecule has 0 bridgehead atoms. The number of allylic oxidation sites excluding steroid dienone is 1. The van der Waals surface area contributed by atoms with Crippen molar-refractivity contribution in [3.05, 3.63) is 58.1 Å². The molecule has 0 aliphatic rings. The van der Waals surface area contributed by atoms with Gasteiger partial charge in [0.15, 0.2) is 11.5 Å². The summed E-state index contributed by atoms with van der Waals surface area (Å²) in [5, 5.41) is 5.40. The molecule has 4 aromatic rings. The Morgan fingerprint density at radius 3 is 2.92 bits per heavy atom. The highest BCUT2D eigenvalue weighted by atomic mass is 32.1. The number of hydrogen-bond donors (Lipinski definition) is 0. The summed E-state index contributed by atoms with van der Waals surface area (Å²) in [4.78, 5) is 23.7. The molecule has 4 heterocycles. The van der Waals surface area contributed by atoms with Crippen molar-refractivity contribution in [2.75, 3.05) is 0 Å². The smallest absolute Gasteiger partial charge is 0.279 e. The van der Waals surface area contributed by atoms with Crippen LogP contribution in [0.4, 0.5) is 0 Å². The van der Waals surface area contributed by atoms with Crippen LogP contribution in [0.25, 0.3) is 27.3 Å². The van der Waals surface area contributed by atoms with Crippen molar-refractivity contribution in [1.82, 2.24) is 24.1 Å². The van der Waals surface area contributed by atoms with Crippen LogP contribution in [0.2, 0.25) is 0 Å². The minimum atomic E-state index is -0.207. The summed E-state index contributed by atoms with van der Waals surface area (Å²) in [6, 6.07) is 3.71. The predicted molar refractivity (Wildman–Crippen MR) is 95.5 cm³/mol. The third kappa shape index (κ3) is 2.01. The fraction of sp³-hybridized carbons (Fsp3) is 0.176. The van der Waals surface area contributed by atoms with Gasteiger partial charge in [0.05, 0.1) is 5.39 Å². The average molecular weight is 337 g/mol. The molecule has 4 aromatic heterocycles. The van der Waals surface area contributed by atoms with Crippen LogP contribution in [0.15, 0.2) is 42.0 Å². The van der Waals surface area contributed by atoms with Crippen LogP contribution < -0.4 is 5.69 Å². The molecule has 24 heavy (non-hydrogen) atoms. The Kier molecular flexibility index (Phi) is 3.31. The van der Waals surface area contributed by atoms with Gasteiger partial charge >= 0.3 is 5.69 Å². The van der Waals surface area contributed by atoms with Gasteiger partial charge in [-0.3, -0.25) is 9.55 Å². The number of aromatic nitrogens is 5. The monoisotopic (exact) mass is 337 g/mol. The van der Waals surface area contributed by atoms with E-state index in [1.165, 1.54) is 9.39 Å². The van der Waals surface area contributed by atoms with Gasteiger partial charge in [0.2, 0.25) is 0 Å². The van der Waals surface area contributed by atoms with Gasteiger partial charge in [0.25, 0.3) is 0 Å². The summed E-state index contributed by atoms with van der Waals surface area (Å²) >= 11 is 1.60. The van der Waals surface area contributed by atoms with E-state index < -0.39 is 0 Å². The number of pyridine rings is 1. The van der Waals surface area contributed by atoms with Crippen molar-refractivity contribution in [2.24, 2.45) is 0 Å². The van der Waals surface area contributed by atoms with Crippen molar-refractivity contribution >= 4 is 27.2 Å². The number of rotatable bonds is 3. The molecule has 120 valence electrons. The van der Waals surface area contributed by atoms with Crippen LogP contribution >= 0.6 is 11.3 Å². The normalized spacial score (nSPS) is 11.4. The molecule has 0 spiro atoms. The van der Waals surface area contributed by atoms with Crippen LogP contribution in [-0.4, -0.2) is 24.1 Å². The van der Waals surface area contributed by atoms with Crippen molar-refractivity contribution in [2.45, 2.75) is 20.4 Å². The van der Waals surface area contributed by atoms with Crippen LogP contribution in [-0.2, 0) is 6.54 Å². The van der Waals surface area contributed by atoms with Gasteiger partial charge in [-0.1, -0.05) is 6.08 Å². The van der Waals surface area contributed by atoms with E-state index in [0.29, 0.717) is 18.0 Å². The van der Waals surface area contributed by atoms with Crippen molar-refractivity contribution in [1.29, 1.82) is 0 Å². The van der Waals surface area contributed by atoms with E-state index in [2.05, 4.69) is 35.5 Å². The molecule has 0 unspecified atom stereocenters. The first-order valence-corrected chi connectivity index (χ1v) is 8.34. The van der Waals surface area contributed by atoms with E-state index in [1.807, 2.05) is 12.1 Å². The zero-order chi connectivity index (χ0) is 16.8. The molecule has 0 atom stereocenters. The van der Waals surface area contributed by atoms with Gasteiger partial charge < -0.3 is 0 Å². The maximum absolute atomic E-state index is 12.9. The van der Waals surface area contributed by atoms with Gasteiger partial charge in [-0.2, -0.15) is 4.52 Å². The second-order valence-electron chi connectivity index (χ2n) is 5.56. The highest BCUT2D eigenvalue weighted by Crippen LogP contribution is 2.32. The minimum Gasteiger partial charge on any atom is -0.279 e. The van der Waals surface area contributed by atoms with Gasteiger partial charge in [0.1, 0.15) is 4.83 Å². The third-order valence-corrected chi connectivity index (χ3v) is 5.32. The lowest BCUT2D eigenvalue weighted by Gasteiger charge is -2.05. The SMILES string of the molecule is C=CCn1c(=O)n2nc(-c3cccnc3)nc2c2c(C)c(C)sc21. The molecule has 0 aliphatic heterocycles. The predicted octanol–water partition coefficient (Wildman–Crippen LogP) is 2.97. The molecule has 0 aliphatic carbocycles. The topological polar surface area (TPSA) is 65.1 Å². The van der Waals surface area contributed by atoms with E-state index in [9.17, 15) is 4.79 Å². The Morgan fingerprint density at radius 1 is 1.38 bits per heavy atom. The summed E-state index contributed by atoms with van der Waals surface area (Å²) < 4.78 is 3.08. The minimum absolute atomic E-state index is 0.207. The molecular weight excluding hydrogens is 322 g/mol. The molecule has 0 aromatic carbocycles. The van der Waals surface area contributed by atoms with Crippen LogP contribution in [0.3, 0.4) is 0 Å². The Labute approximate surface area is 141 Å². The highest BCUT2D eigenvalue weighted by molar-refractivity contribution is 7.19. The van der Waals surface area contributed by atoms with Crippen LogP contribution in [0.1, 0.15) is 10.4 Å². The second-order valence-corrected chi connectivity index (χ2v) is 6.76. The summed E-state index contributed by atoms with van der Waals surface area (Å²) in [6.07, 6.45) is 5.11. The number of nitrogens with zero attached hydrogens (tertiary/aromatic N) is 5. The van der Waals surface area contributed by atoms with Gasteiger partial charge in [0, 0.05) is 29.4 Å². The molecule has 6 nitrogen and oxygen atoms in total. The van der Waals surface area contributed by atoms with Crippen molar-refractivity contribution in [3.8, 4) is 11.4 Å². The molecule has 0 amide bonds. The summed E-state index contributed by atoms with van der Waals surface area (Å²) in [5.74, 6) is 0.501. The van der Waals surface area contributed by atoms with Gasteiger partial charge in [-0.25, -0.2) is 9.78 Å². The molecule has 0 N–H and O–H groups in total. The number of aryl methyl sites for hydroxylation is 2. The second kappa shape index (κ2) is 5.38.